The first-order chi connectivity index (χ1) is 8.24. The number of nitrogens with one attached hydrogen (secondary N) is 1. The predicted octanol–water partition coefficient (Wildman–Crippen LogP) is 1.85. The van der Waals surface area contributed by atoms with Crippen molar-refractivity contribution in [2.75, 3.05) is 13.1 Å². The lowest BCUT2D eigenvalue weighted by Crippen LogP contribution is -2.34. The molecule has 0 amide bonds. The summed E-state index contributed by atoms with van der Waals surface area (Å²) >= 11 is 0. The molecule has 0 atom stereocenters. The molecule has 0 aromatic carbocycles. The van der Waals surface area contributed by atoms with Crippen molar-refractivity contribution in [1.82, 2.24) is 10.5 Å². The van der Waals surface area contributed by atoms with Crippen LogP contribution in [0.5, 0.6) is 0 Å². The summed E-state index contributed by atoms with van der Waals surface area (Å²) in [6.45, 7) is 3.50. The van der Waals surface area contributed by atoms with Crippen molar-refractivity contribution in [2.45, 2.75) is 32.6 Å². The molecule has 3 N–H and O–H groups in total. The Morgan fingerprint density at radius 1 is 1.61 bits per heavy atom. The molecule has 0 radical (unpaired) electrons. The normalized spacial score (nSPS) is 15.9. The number of hydrogen-bond donors (Lipinski definition) is 2. The Bertz CT molecular complexity index is 387. The van der Waals surface area contributed by atoms with E-state index in [0.717, 1.165) is 36.9 Å². The largest absolute Gasteiger partial charge is 0.370 e. The van der Waals surface area contributed by atoms with E-state index in [1.54, 1.807) is 0 Å². The van der Waals surface area contributed by atoms with Crippen LogP contribution in [0, 0.1) is 12.8 Å². The molecular weight excluding hydrogens is 343 g/mol. The Kier molecular flexibility index (Phi) is 6.45. The average molecular weight is 364 g/mol. The van der Waals surface area contributed by atoms with Crippen LogP contribution in [-0.4, -0.2) is 24.2 Å². The fraction of sp³-hybridized carbons (Fsp3) is 0.667. The number of hydrogen-bond acceptors (Lipinski definition) is 3. The van der Waals surface area contributed by atoms with Crippen LogP contribution >= 0.6 is 24.0 Å². The zero-order valence-electron chi connectivity index (χ0n) is 10.7. The second kappa shape index (κ2) is 7.60. The molecule has 1 aromatic heterocycles. The number of nitrogens with two attached hydrogens (primary N) is 1. The van der Waals surface area contributed by atoms with E-state index < -0.39 is 0 Å². The van der Waals surface area contributed by atoms with E-state index in [1.807, 2.05) is 13.0 Å². The quantitative estimate of drug-likeness (QED) is 0.475. The molecule has 1 saturated carbocycles. The Morgan fingerprint density at radius 3 is 2.94 bits per heavy atom. The number of nitrogens with zero attached hydrogens (tertiary/aromatic N) is 2. The van der Waals surface area contributed by atoms with Gasteiger partial charge in [-0.25, -0.2) is 0 Å². The van der Waals surface area contributed by atoms with Gasteiger partial charge >= 0.3 is 0 Å². The molecule has 0 aliphatic heterocycles. The summed E-state index contributed by atoms with van der Waals surface area (Å²) in [5.41, 5.74) is 6.67. The van der Waals surface area contributed by atoms with Crippen molar-refractivity contribution in [1.29, 1.82) is 0 Å². The Balaban J connectivity index is 0.00000162. The van der Waals surface area contributed by atoms with Crippen molar-refractivity contribution >= 4 is 29.9 Å². The molecule has 102 valence electrons. The zero-order chi connectivity index (χ0) is 12.1. The van der Waals surface area contributed by atoms with Crippen LogP contribution in [0.3, 0.4) is 0 Å². The van der Waals surface area contributed by atoms with E-state index in [4.69, 9.17) is 10.3 Å². The van der Waals surface area contributed by atoms with E-state index >= 15 is 0 Å². The van der Waals surface area contributed by atoms with Gasteiger partial charge in [0.1, 0.15) is 5.76 Å². The Hall–Kier alpha value is -0.790. The minimum Gasteiger partial charge on any atom is -0.370 e. The number of guanidine groups is 1. The number of aromatic nitrogens is 1. The molecular formula is C12H21IN4O. The van der Waals surface area contributed by atoms with Gasteiger partial charge in [-0.05, 0) is 25.7 Å². The van der Waals surface area contributed by atoms with E-state index in [1.165, 1.54) is 19.3 Å². The summed E-state index contributed by atoms with van der Waals surface area (Å²) in [5, 5.41) is 6.91. The molecule has 5 nitrogen and oxygen atoms in total. The highest BCUT2D eigenvalue weighted by molar-refractivity contribution is 14.0. The third-order valence-corrected chi connectivity index (χ3v) is 3.10. The lowest BCUT2D eigenvalue weighted by atomic mass is 9.86. The van der Waals surface area contributed by atoms with Crippen LogP contribution in [0.25, 0.3) is 0 Å². The summed E-state index contributed by atoms with van der Waals surface area (Å²) < 4.78 is 5.10. The van der Waals surface area contributed by atoms with E-state index in [0.29, 0.717) is 5.96 Å². The molecule has 1 aliphatic rings. The summed E-state index contributed by atoms with van der Waals surface area (Å²) in [5.74, 6) is 2.17. The van der Waals surface area contributed by atoms with Crippen LogP contribution in [0.15, 0.2) is 15.6 Å². The molecule has 0 unspecified atom stereocenters. The molecule has 0 spiro atoms. The molecule has 0 saturated heterocycles. The van der Waals surface area contributed by atoms with Gasteiger partial charge in [0.25, 0.3) is 0 Å². The summed E-state index contributed by atoms with van der Waals surface area (Å²) in [6.07, 6.45) is 4.72. The summed E-state index contributed by atoms with van der Waals surface area (Å²) in [4.78, 5) is 4.32. The highest BCUT2D eigenvalue weighted by Crippen LogP contribution is 2.26. The van der Waals surface area contributed by atoms with Gasteiger partial charge in [-0.2, -0.15) is 0 Å². The lowest BCUT2D eigenvalue weighted by molar-refractivity contribution is 0.326. The smallest absolute Gasteiger partial charge is 0.188 e. The average Bonchev–Trinajstić information content (AvgIpc) is 2.62. The van der Waals surface area contributed by atoms with Crippen molar-refractivity contribution in [3.8, 4) is 0 Å². The van der Waals surface area contributed by atoms with Crippen LogP contribution < -0.4 is 11.1 Å². The van der Waals surface area contributed by atoms with Gasteiger partial charge in [-0.1, -0.05) is 11.6 Å². The molecule has 1 fully saturated rings. The zero-order valence-corrected chi connectivity index (χ0v) is 13.0. The van der Waals surface area contributed by atoms with Gasteiger partial charge < -0.3 is 15.6 Å². The van der Waals surface area contributed by atoms with E-state index in [2.05, 4.69) is 15.5 Å². The highest BCUT2D eigenvalue weighted by Gasteiger charge is 2.16. The van der Waals surface area contributed by atoms with Crippen molar-refractivity contribution in [3.63, 3.8) is 0 Å². The maximum atomic E-state index is 5.76. The van der Waals surface area contributed by atoms with Gasteiger partial charge in [-0.15, -0.1) is 24.0 Å². The lowest BCUT2D eigenvalue weighted by Gasteiger charge is -2.23. The Labute approximate surface area is 125 Å². The van der Waals surface area contributed by atoms with Gasteiger partial charge in [-0.3, -0.25) is 4.99 Å². The molecule has 1 aliphatic carbocycles. The van der Waals surface area contributed by atoms with Gasteiger partial charge in [0.05, 0.1) is 5.69 Å². The minimum atomic E-state index is 0. The highest BCUT2D eigenvalue weighted by atomic mass is 127. The SMILES string of the molecule is Cc1cc(CCNC(N)=NCC2CCC2)on1.I. The first-order valence-electron chi connectivity index (χ1n) is 6.20. The topological polar surface area (TPSA) is 76.4 Å². The van der Waals surface area contributed by atoms with Crippen LogP contribution in [-0.2, 0) is 6.42 Å². The second-order valence-corrected chi connectivity index (χ2v) is 4.63. The van der Waals surface area contributed by atoms with Gasteiger partial charge in [0.2, 0.25) is 0 Å². The van der Waals surface area contributed by atoms with Crippen LogP contribution in [0.2, 0.25) is 0 Å². The fourth-order valence-corrected chi connectivity index (χ4v) is 1.81. The van der Waals surface area contributed by atoms with Crippen molar-refractivity contribution < 1.29 is 4.52 Å². The number of halogens is 1. The minimum absolute atomic E-state index is 0. The Morgan fingerprint density at radius 2 is 2.39 bits per heavy atom. The van der Waals surface area contributed by atoms with E-state index in [-0.39, 0.29) is 24.0 Å². The maximum Gasteiger partial charge on any atom is 0.188 e. The fourth-order valence-electron chi connectivity index (χ4n) is 1.81. The first kappa shape index (κ1) is 15.3. The van der Waals surface area contributed by atoms with Crippen molar-refractivity contribution in [2.24, 2.45) is 16.6 Å². The summed E-state index contributed by atoms with van der Waals surface area (Å²) in [7, 11) is 0. The predicted molar refractivity (Wildman–Crippen MR) is 82.2 cm³/mol. The number of rotatable bonds is 5. The first-order valence-corrected chi connectivity index (χ1v) is 6.20. The van der Waals surface area contributed by atoms with Crippen LogP contribution in [0.1, 0.15) is 30.7 Å². The summed E-state index contributed by atoms with van der Waals surface area (Å²) in [6, 6.07) is 1.93. The second-order valence-electron chi connectivity index (χ2n) is 4.63. The maximum absolute atomic E-state index is 5.76. The van der Waals surface area contributed by atoms with Gasteiger partial charge in [0, 0.05) is 25.6 Å². The third kappa shape index (κ3) is 4.83. The molecule has 1 heterocycles. The number of aliphatic imine (C=N–C) groups is 1. The molecule has 6 heteroatoms. The van der Waals surface area contributed by atoms with Crippen molar-refractivity contribution in [3.05, 3.63) is 17.5 Å². The number of aryl methyl sites for hydroxylation is 1. The molecule has 2 rings (SSSR count). The monoisotopic (exact) mass is 364 g/mol. The third-order valence-electron chi connectivity index (χ3n) is 3.10. The molecule has 1 aromatic rings. The van der Waals surface area contributed by atoms with Gasteiger partial charge in [0.15, 0.2) is 5.96 Å². The standard InChI is InChI=1S/C12H20N4O.HI/c1-9-7-11(17-16-9)5-6-14-12(13)15-8-10-3-2-4-10;/h7,10H,2-6,8H2,1H3,(H3,13,14,15);1H. The van der Waals surface area contributed by atoms with E-state index in [9.17, 15) is 0 Å². The van der Waals surface area contributed by atoms with Crippen LogP contribution in [0.4, 0.5) is 0 Å². The molecule has 18 heavy (non-hydrogen) atoms. The molecule has 0 bridgehead atoms.